The minimum atomic E-state index is -0.841. The third kappa shape index (κ3) is 8.66. The van der Waals surface area contributed by atoms with Crippen LogP contribution in [-0.4, -0.2) is 22.9 Å². The Bertz CT molecular complexity index is 650. The lowest BCUT2D eigenvalue weighted by atomic mass is 9.96. The van der Waals surface area contributed by atoms with Crippen molar-refractivity contribution >= 4 is 40.6 Å². The van der Waals surface area contributed by atoms with E-state index in [1.807, 2.05) is 70.2 Å². The number of Topliss-reactive ketones (excluding diaryl/α,β-unsaturated/α-hetero) is 1. The summed E-state index contributed by atoms with van der Waals surface area (Å²) in [7, 11) is 0. The van der Waals surface area contributed by atoms with E-state index in [0.717, 1.165) is 11.1 Å². The van der Waals surface area contributed by atoms with Crippen molar-refractivity contribution in [2.45, 2.75) is 40.2 Å². The predicted octanol–water partition coefficient (Wildman–Crippen LogP) is 6.49. The van der Waals surface area contributed by atoms with Gasteiger partial charge in [-0.3, -0.25) is 4.79 Å². The largest absolute Gasteiger partial charge is 0.391 e. The fraction of sp³-hybridized carbons (Fsp3) is 0.318. The first-order valence-corrected chi connectivity index (χ1v) is 9.81. The number of rotatable bonds is 6. The number of aliphatic hydroxyl groups excluding tert-OH is 1. The minimum Gasteiger partial charge on any atom is -0.391 e. The molecule has 0 amide bonds. The van der Waals surface area contributed by atoms with Gasteiger partial charge in [0.15, 0.2) is 5.78 Å². The summed E-state index contributed by atoms with van der Waals surface area (Å²) in [4.78, 5) is 12.5. The molecule has 1 atom stereocenters. The third-order valence-corrected chi connectivity index (χ3v) is 3.77. The van der Waals surface area contributed by atoms with E-state index in [2.05, 4.69) is 0 Å². The highest BCUT2D eigenvalue weighted by molar-refractivity contribution is 6.30. The van der Waals surface area contributed by atoms with E-state index < -0.39 is 6.10 Å². The zero-order chi connectivity index (χ0) is 19.9. The first-order chi connectivity index (χ1) is 12.6. The Labute approximate surface area is 167 Å². The van der Waals surface area contributed by atoms with Gasteiger partial charge in [0.2, 0.25) is 0 Å². The zero-order valence-electron chi connectivity index (χ0n) is 15.9. The molecule has 0 spiro atoms. The fourth-order valence-corrected chi connectivity index (χ4v) is 2.28. The Balaban J connectivity index is 0.00000146. The molecule has 4 heteroatoms. The van der Waals surface area contributed by atoms with Gasteiger partial charge in [-0.15, -0.1) is 11.6 Å². The number of alkyl halides is 1. The van der Waals surface area contributed by atoms with Crippen LogP contribution in [0.2, 0.25) is 5.02 Å². The molecule has 0 aliphatic carbocycles. The molecule has 0 heterocycles. The maximum Gasteiger partial charge on any atom is 0.166 e. The minimum absolute atomic E-state index is 0.00217. The van der Waals surface area contributed by atoms with Crippen molar-refractivity contribution in [3.05, 3.63) is 70.7 Å². The Morgan fingerprint density at radius 2 is 1.54 bits per heavy atom. The number of ketones is 1. The molecular weight excluding hydrogens is 367 g/mol. The summed E-state index contributed by atoms with van der Waals surface area (Å²) in [5.41, 5.74) is 2.23. The van der Waals surface area contributed by atoms with Gasteiger partial charge in [-0.25, -0.2) is 0 Å². The van der Waals surface area contributed by atoms with E-state index in [-0.39, 0.29) is 18.1 Å². The van der Waals surface area contributed by atoms with Crippen LogP contribution < -0.4 is 0 Å². The molecule has 0 saturated carbocycles. The standard InChI is InChI=1S/C18H16Cl2O2.2C2H6/c19-12-16(21)11-18(22)17(14-4-2-1-3-5-14)10-13-6-8-15(20)9-7-13;2*1-2/h1-10,16,21H,11-12H2;2*1-2H3/b17-10+;;. The van der Waals surface area contributed by atoms with Crippen LogP contribution in [0.5, 0.6) is 0 Å². The Morgan fingerprint density at radius 1 is 1.00 bits per heavy atom. The van der Waals surface area contributed by atoms with Gasteiger partial charge in [0, 0.05) is 22.9 Å². The number of allylic oxidation sites excluding steroid dienone is 1. The maximum absolute atomic E-state index is 12.5. The van der Waals surface area contributed by atoms with Crippen molar-refractivity contribution in [3.8, 4) is 0 Å². The van der Waals surface area contributed by atoms with Crippen LogP contribution in [0.15, 0.2) is 54.6 Å². The lowest BCUT2D eigenvalue weighted by Crippen LogP contribution is -2.15. The lowest BCUT2D eigenvalue weighted by Gasteiger charge is -2.10. The second-order valence-electron chi connectivity index (χ2n) is 4.91. The fourth-order valence-electron chi connectivity index (χ4n) is 2.05. The van der Waals surface area contributed by atoms with Crippen LogP contribution in [0, 0.1) is 0 Å². The number of aliphatic hydroxyl groups is 1. The molecule has 0 saturated heterocycles. The van der Waals surface area contributed by atoms with Gasteiger partial charge >= 0.3 is 0 Å². The number of hydrogen-bond acceptors (Lipinski definition) is 2. The van der Waals surface area contributed by atoms with Crippen LogP contribution in [0.1, 0.15) is 45.2 Å². The van der Waals surface area contributed by atoms with Gasteiger partial charge in [0.25, 0.3) is 0 Å². The number of benzene rings is 2. The summed E-state index contributed by atoms with van der Waals surface area (Å²) < 4.78 is 0. The molecule has 2 aromatic carbocycles. The molecule has 142 valence electrons. The highest BCUT2D eigenvalue weighted by Crippen LogP contribution is 2.22. The van der Waals surface area contributed by atoms with E-state index >= 15 is 0 Å². The quantitative estimate of drug-likeness (QED) is 0.345. The Hall–Kier alpha value is -1.61. The molecule has 0 bridgehead atoms. The SMILES string of the molecule is CC.CC.O=C(CC(O)CCl)/C(=C/c1ccc(Cl)cc1)c1ccccc1. The summed E-state index contributed by atoms with van der Waals surface area (Å²) in [5.74, 6) is -0.108. The van der Waals surface area contributed by atoms with Crippen molar-refractivity contribution in [1.82, 2.24) is 0 Å². The summed E-state index contributed by atoms with van der Waals surface area (Å²) >= 11 is 11.5. The molecule has 0 aliphatic rings. The number of hydrogen-bond donors (Lipinski definition) is 1. The van der Waals surface area contributed by atoms with Gasteiger partial charge in [0.05, 0.1) is 6.10 Å². The van der Waals surface area contributed by atoms with Crippen LogP contribution >= 0.6 is 23.2 Å². The molecule has 1 unspecified atom stereocenters. The molecule has 0 radical (unpaired) electrons. The first-order valence-electron chi connectivity index (χ1n) is 8.90. The van der Waals surface area contributed by atoms with Crippen molar-refractivity contribution < 1.29 is 9.90 Å². The molecule has 0 aromatic heterocycles. The molecule has 2 rings (SSSR count). The monoisotopic (exact) mass is 394 g/mol. The van der Waals surface area contributed by atoms with E-state index in [1.54, 1.807) is 18.2 Å². The van der Waals surface area contributed by atoms with E-state index in [1.165, 1.54) is 0 Å². The van der Waals surface area contributed by atoms with E-state index in [0.29, 0.717) is 10.6 Å². The summed E-state index contributed by atoms with van der Waals surface area (Å²) in [5, 5.41) is 10.3. The number of carbonyl (C=O) groups excluding carboxylic acids is 1. The summed E-state index contributed by atoms with van der Waals surface area (Å²) in [6.07, 6.45) is 0.957. The Morgan fingerprint density at radius 3 is 2.04 bits per heavy atom. The topological polar surface area (TPSA) is 37.3 Å². The van der Waals surface area contributed by atoms with Gasteiger partial charge in [-0.2, -0.15) is 0 Å². The van der Waals surface area contributed by atoms with Gasteiger partial charge < -0.3 is 5.11 Å². The van der Waals surface area contributed by atoms with Gasteiger partial charge in [-0.1, -0.05) is 81.8 Å². The normalized spacial score (nSPS) is 11.4. The lowest BCUT2D eigenvalue weighted by molar-refractivity contribution is -0.115. The van der Waals surface area contributed by atoms with E-state index in [4.69, 9.17) is 23.2 Å². The second kappa shape index (κ2) is 14.5. The van der Waals surface area contributed by atoms with E-state index in [9.17, 15) is 9.90 Å². The van der Waals surface area contributed by atoms with Crippen molar-refractivity contribution in [1.29, 1.82) is 0 Å². The van der Waals surface area contributed by atoms with Crippen LogP contribution in [0.25, 0.3) is 11.6 Å². The molecule has 2 nitrogen and oxygen atoms in total. The summed E-state index contributed by atoms with van der Waals surface area (Å²) in [6.45, 7) is 8.00. The maximum atomic E-state index is 12.5. The second-order valence-corrected chi connectivity index (χ2v) is 5.66. The van der Waals surface area contributed by atoms with Crippen molar-refractivity contribution in [2.75, 3.05) is 5.88 Å². The van der Waals surface area contributed by atoms with Crippen LogP contribution in [0.4, 0.5) is 0 Å². The smallest absolute Gasteiger partial charge is 0.166 e. The Kier molecular flexibility index (Phi) is 13.6. The molecule has 26 heavy (non-hydrogen) atoms. The van der Waals surface area contributed by atoms with Crippen LogP contribution in [-0.2, 0) is 4.79 Å². The average molecular weight is 395 g/mol. The van der Waals surface area contributed by atoms with Gasteiger partial charge in [-0.05, 0) is 29.3 Å². The third-order valence-electron chi connectivity index (χ3n) is 3.17. The first kappa shape index (κ1) is 24.4. The summed E-state index contributed by atoms with van der Waals surface area (Å²) in [6, 6.07) is 16.6. The molecule has 2 aromatic rings. The number of halogens is 2. The van der Waals surface area contributed by atoms with Crippen LogP contribution in [0.3, 0.4) is 0 Å². The number of carbonyl (C=O) groups is 1. The molecule has 0 aliphatic heterocycles. The zero-order valence-corrected chi connectivity index (χ0v) is 17.4. The van der Waals surface area contributed by atoms with Crippen molar-refractivity contribution in [3.63, 3.8) is 0 Å². The molecular formula is C22H28Cl2O2. The van der Waals surface area contributed by atoms with Gasteiger partial charge in [0.1, 0.15) is 0 Å². The predicted molar refractivity (Wildman–Crippen MR) is 115 cm³/mol. The van der Waals surface area contributed by atoms with Crippen molar-refractivity contribution in [2.24, 2.45) is 0 Å². The molecule has 1 N–H and O–H groups in total. The highest BCUT2D eigenvalue weighted by atomic mass is 35.5. The highest BCUT2D eigenvalue weighted by Gasteiger charge is 2.16. The average Bonchev–Trinajstić information content (AvgIpc) is 2.71. The molecule has 0 fully saturated rings.